The summed E-state index contributed by atoms with van der Waals surface area (Å²) in [6.45, 7) is 2.30. The summed E-state index contributed by atoms with van der Waals surface area (Å²) in [6, 6.07) is 6.75. The van der Waals surface area contributed by atoms with Gasteiger partial charge in [0.25, 0.3) is 0 Å². The lowest BCUT2D eigenvalue weighted by atomic mass is 10.2. The zero-order valence-corrected chi connectivity index (χ0v) is 12.7. The predicted octanol–water partition coefficient (Wildman–Crippen LogP) is 2.26. The highest BCUT2D eigenvalue weighted by Crippen LogP contribution is 2.15. The van der Waals surface area contributed by atoms with E-state index >= 15 is 0 Å². The normalized spacial score (nSPS) is 11.8. The number of rotatable bonds is 8. The van der Waals surface area contributed by atoms with Crippen LogP contribution in [0.4, 0.5) is 0 Å². The van der Waals surface area contributed by atoms with Crippen LogP contribution in [0.5, 0.6) is 0 Å². The highest BCUT2D eigenvalue weighted by Gasteiger charge is 2.19. The molecule has 0 aliphatic carbocycles. The molecule has 1 rings (SSSR count). The van der Waals surface area contributed by atoms with Crippen molar-refractivity contribution in [1.29, 1.82) is 0 Å². The second-order valence-corrected chi connectivity index (χ2v) is 6.89. The van der Waals surface area contributed by atoms with Crippen molar-refractivity contribution in [2.24, 2.45) is 0 Å². The molecule has 0 saturated heterocycles. The molecule has 0 fully saturated rings. The first kappa shape index (κ1) is 16.7. The monoisotopic (exact) mass is 299 g/mol. The number of carboxylic acid groups (broad SMARTS) is 1. The number of nitrogens with zero attached hydrogens (tertiary/aromatic N) is 1. The van der Waals surface area contributed by atoms with E-state index in [1.165, 1.54) is 4.31 Å². The van der Waals surface area contributed by atoms with Crippen LogP contribution >= 0.6 is 0 Å². The van der Waals surface area contributed by atoms with Crippen molar-refractivity contribution < 1.29 is 18.3 Å². The number of sulfonamides is 1. The van der Waals surface area contributed by atoms with Crippen molar-refractivity contribution in [2.75, 3.05) is 13.6 Å². The van der Waals surface area contributed by atoms with Gasteiger partial charge in [-0.05, 0) is 31.9 Å². The fourth-order valence-electron chi connectivity index (χ4n) is 1.80. The van der Waals surface area contributed by atoms with Gasteiger partial charge in [0.15, 0.2) is 0 Å². The van der Waals surface area contributed by atoms with E-state index in [2.05, 4.69) is 0 Å². The van der Waals surface area contributed by atoms with Crippen molar-refractivity contribution in [3.63, 3.8) is 0 Å². The van der Waals surface area contributed by atoms with E-state index in [-0.39, 0.29) is 11.3 Å². The molecule has 0 aliphatic rings. The average molecular weight is 299 g/mol. The molecular weight excluding hydrogens is 278 g/mol. The Labute approximate surface area is 120 Å². The Kier molecular flexibility index (Phi) is 6.16. The Bertz CT molecular complexity index is 537. The van der Waals surface area contributed by atoms with Gasteiger partial charge in [-0.25, -0.2) is 12.7 Å². The van der Waals surface area contributed by atoms with Crippen LogP contribution in [0.15, 0.2) is 29.2 Å². The summed E-state index contributed by atoms with van der Waals surface area (Å²) in [5.74, 6) is -0.814. The molecule has 20 heavy (non-hydrogen) atoms. The Hall–Kier alpha value is -1.40. The third kappa shape index (κ3) is 4.94. The van der Waals surface area contributed by atoms with Gasteiger partial charge in [-0.3, -0.25) is 4.79 Å². The van der Waals surface area contributed by atoms with Crippen molar-refractivity contribution >= 4 is 16.0 Å². The van der Waals surface area contributed by atoms with Crippen LogP contribution in [0.25, 0.3) is 0 Å². The second kappa shape index (κ2) is 7.40. The van der Waals surface area contributed by atoms with Crippen LogP contribution in [-0.2, 0) is 14.8 Å². The van der Waals surface area contributed by atoms with Gasteiger partial charge in [-0.1, -0.05) is 24.1 Å². The molecule has 1 aromatic rings. The average Bonchev–Trinajstić information content (AvgIpc) is 2.38. The lowest BCUT2D eigenvalue weighted by molar-refractivity contribution is -0.137. The maximum Gasteiger partial charge on any atom is 0.303 e. The molecule has 0 atom stereocenters. The van der Waals surface area contributed by atoms with Gasteiger partial charge in [0.05, 0.1) is 4.90 Å². The fourth-order valence-corrected chi connectivity index (χ4v) is 3.01. The predicted molar refractivity (Wildman–Crippen MR) is 77.1 cm³/mol. The van der Waals surface area contributed by atoms with E-state index in [1.54, 1.807) is 31.3 Å². The maximum atomic E-state index is 12.2. The van der Waals surface area contributed by atoms with E-state index in [0.717, 1.165) is 5.56 Å². The summed E-state index contributed by atoms with van der Waals surface area (Å²) < 4.78 is 25.8. The van der Waals surface area contributed by atoms with Gasteiger partial charge in [-0.15, -0.1) is 0 Å². The van der Waals surface area contributed by atoms with Crippen molar-refractivity contribution in [3.8, 4) is 0 Å². The van der Waals surface area contributed by atoms with Crippen molar-refractivity contribution in [1.82, 2.24) is 4.31 Å². The van der Waals surface area contributed by atoms with E-state index in [9.17, 15) is 13.2 Å². The van der Waals surface area contributed by atoms with Crippen molar-refractivity contribution in [3.05, 3.63) is 29.8 Å². The molecular formula is C14H21NO4S. The molecule has 0 radical (unpaired) electrons. The Balaban J connectivity index is 2.51. The minimum Gasteiger partial charge on any atom is -0.481 e. The Morgan fingerprint density at radius 3 is 2.30 bits per heavy atom. The maximum absolute atomic E-state index is 12.2. The van der Waals surface area contributed by atoms with E-state index in [0.29, 0.717) is 25.8 Å². The van der Waals surface area contributed by atoms with Crippen LogP contribution in [0.1, 0.15) is 31.2 Å². The first-order valence-electron chi connectivity index (χ1n) is 6.59. The minimum absolute atomic E-state index is 0.133. The molecule has 112 valence electrons. The zero-order valence-electron chi connectivity index (χ0n) is 11.9. The number of carboxylic acids is 1. The van der Waals surface area contributed by atoms with Crippen LogP contribution < -0.4 is 0 Å². The Morgan fingerprint density at radius 2 is 1.75 bits per heavy atom. The molecule has 0 bridgehead atoms. The lowest BCUT2D eigenvalue weighted by Gasteiger charge is -2.17. The summed E-state index contributed by atoms with van der Waals surface area (Å²) in [5.41, 5.74) is 1.01. The van der Waals surface area contributed by atoms with Gasteiger partial charge >= 0.3 is 5.97 Å². The molecule has 5 nitrogen and oxygen atoms in total. The van der Waals surface area contributed by atoms with Gasteiger partial charge in [0, 0.05) is 20.0 Å². The molecule has 0 unspecified atom stereocenters. The molecule has 6 heteroatoms. The number of hydrogen-bond donors (Lipinski definition) is 1. The van der Waals surface area contributed by atoms with Gasteiger partial charge in [0.1, 0.15) is 0 Å². The first-order valence-corrected chi connectivity index (χ1v) is 8.03. The van der Waals surface area contributed by atoms with Crippen LogP contribution in [0.3, 0.4) is 0 Å². The molecule has 1 N–H and O–H groups in total. The first-order chi connectivity index (χ1) is 9.34. The summed E-state index contributed by atoms with van der Waals surface area (Å²) in [6.07, 6.45) is 2.08. The van der Waals surface area contributed by atoms with Gasteiger partial charge < -0.3 is 5.11 Å². The molecule has 0 saturated carbocycles. The summed E-state index contributed by atoms with van der Waals surface area (Å²) in [4.78, 5) is 10.6. The highest BCUT2D eigenvalue weighted by atomic mass is 32.2. The number of hydrogen-bond acceptors (Lipinski definition) is 3. The highest BCUT2D eigenvalue weighted by molar-refractivity contribution is 7.89. The minimum atomic E-state index is -3.44. The van der Waals surface area contributed by atoms with E-state index in [4.69, 9.17) is 5.11 Å². The smallest absolute Gasteiger partial charge is 0.303 e. The largest absolute Gasteiger partial charge is 0.481 e. The third-order valence-corrected chi connectivity index (χ3v) is 4.96. The molecule has 0 aliphatic heterocycles. The SMILES string of the molecule is Cc1ccc(S(=O)(=O)N(C)CCCCCC(=O)O)cc1. The quantitative estimate of drug-likeness (QED) is 0.747. The standard InChI is InChI=1S/C14H21NO4S/c1-12-7-9-13(10-8-12)20(18,19)15(2)11-5-3-4-6-14(16)17/h7-10H,3-6,11H2,1-2H3,(H,16,17). The zero-order chi connectivity index (χ0) is 15.2. The number of unbranched alkanes of at least 4 members (excludes halogenated alkanes) is 2. The molecule has 0 aromatic heterocycles. The van der Waals surface area contributed by atoms with E-state index in [1.807, 2.05) is 6.92 Å². The molecule has 0 amide bonds. The lowest BCUT2D eigenvalue weighted by Crippen LogP contribution is -2.28. The fraction of sp³-hybridized carbons (Fsp3) is 0.500. The van der Waals surface area contributed by atoms with Crippen molar-refractivity contribution in [2.45, 2.75) is 37.5 Å². The molecule has 1 aromatic carbocycles. The summed E-state index contributed by atoms with van der Waals surface area (Å²) in [7, 11) is -1.89. The molecule has 0 heterocycles. The van der Waals surface area contributed by atoms with Crippen LogP contribution in [-0.4, -0.2) is 37.4 Å². The molecule has 0 spiro atoms. The van der Waals surface area contributed by atoms with Gasteiger partial charge in [-0.2, -0.15) is 0 Å². The number of carbonyl (C=O) groups is 1. The summed E-state index contributed by atoms with van der Waals surface area (Å²) >= 11 is 0. The number of aryl methyl sites for hydroxylation is 1. The topological polar surface area (TPSA) is 74.7 Å². The number of benzene rings is 1. The Morgan fingerprint density at radius 1 is 1.15 bits per heavy atom. The summed E-state index contributed by atoms with van der Waals surface area (Å²) in [5, 5.41) is 8.52. The van der Waals surface area contributed by atoms with E-state index < -0.39 is 16.0 Å². The second-order valence-electron chi connectivity index (χ2n) is 4.84. The van der Waals surface area contributed by atoms with Gasteiger partial charge in [0.2, 0.25) is 10.0 Å². The number of aliphatic carboxylic acids is 1. The third-order valence-electron chi connectivity index (χ3n) is 3.09. The van der Waals surface area contributed by atoms with Crippen LogP contribution in [0, 0.1) is 6.92 Å². The van der Waals surface area contributed by atoms with Crippen LogP contribution in [0.2, 0.25) is 0 Å².